The van der Waals surface area contributed by atoms with Crippen LogP contribution in [0.25, 0.3) is 0 Å². The van der Waals surface area contributed by atoms with Crippen molar-refractivity contribution in [2.45, 2.75) is 6.54 Å². The van der Waals surface area contributed by atoms with Crippen LogP contribution in [0.15, 0.2) is 60.3 Å². The van der Waals surface area contributed by atoms with Gasteiger partial charge in [0.2, 0.25) is 0 Å². The van der Waals surface area contributed by atoms with Crippen LogP contribution < -0.4 is 20.1 Å². The Hall–Kier alpha value is -3.46. The fraction of sp³-hybridized carbons (Fsp3) is 0.158. The normalized spacial score (nSPS) is 10.5. The third-order valence-electron chi connectivity index (χ3n) is 3.41. The number of ether oxygens (including phenoxy) is 2. The fourth-order valence-corrected chi connectivity index (χ4v) is 2.14. The van der Waals surface area contributed by atoms with E-state index < -0.39 is 5.91 Å². The molecule has 128 valence electrons. The zero-order valence-electron chi connectivity index (χ0n) is 14.1. The lowest BCUT2D eigenvalue weighted by molar-refractivity contribution is -0.112. The van der Waals surface area contributed by atoms with E-state index in [1.165, 1.54) is 13.3 Å². The molecule has 0 aliphatic carbocycles. The molecule has 0 aromatic heterocycles. The average molecular weight is 337 g/mol. The molecule has 25 heavy (non-hydrogen) atoms. The third-order valence-corrected chi connectivity index (χ3v) is 3.41. The van der Waals surface area contributed by atoms with Crippen molar-refractivity contribution < 1.29 is 14.3 Å². The van der Waals surface area contributed by atoms with Crippen LogP contribution in [0.2, 0.25) is 0 Å². The Labute approximate surface area is 146 Å². The highest BCUT2D eigenvalue weighted by Crippen LogP contribution is 2.23. The molecule has 2 N–H and O–H groups in total. The minimum absolute atomic E-state index is 0.0335. The Morgan fingerprint density at radius 3 is 2.68 bits per heavy atom. The Bertz CT molecular complexity index is 810. The van der Waals surface area contributed by atoms with Gasteiger partial charge in [0.05, 0.1) is 19.9 Å². The minimum Gasteiger partial charge on any atom is -0.497 e. The number of nitrogens with one attached hydrogen (secondary N) is 2. The monoisotopic (exact) mass is 337 g/mol. The number of nitriles is 1. The molecule has 0 fully saturated rings. The van der Waals surface area contributed by atoms with Gasteiger partial charge in [-0.1, -0.05) is 24.3 Å². The Morgan fingerprint density at radius 1 is 1.16 bits per heavy atom. The molecule has 0 bridgehead atoms. The SMILES string of the molecule is COc1cccc(CN/C=C(/C#N)C(=O)Nc2ccccc2OC)c1. The van der Waals surface area contributed by atoms with Crippen LogP contribution in [-0.2, 0) is 11.3 Å². The van der Waals surface area contributed by atoms with Crippen LogP contribution in [-0.4, -0.2) is 20.1 Å². The van der Waals surface area contributed by atoms with Crippen molar-refractivity contribution in [2.24, 2.45) is 0 Å². The number of hydrogen-bond acceptors (Lipinski definition) is 5. The van der Waals surface area contributed by atoms with Crippen molar-refractivity contribution in [2.75, 3.05) is 19.5 Å². The number of amides is 1. The van der Waals surface area contributed by atoms with E-state index in [4.69, 9.17) is 9.47 Å². The van der Waals surface area contributed by atoms with Gasteiger partial charge in [0.25, 0.3) is 5.91 Å². The molecule has 0 spiro atoms. The van der Waals surface area contributed by atoms with Crippen LogP contribution >= 0.6 is 0 Å². The first-order valence-electron chi connectivity index (χ1n) is 7.59. The molecule has 0 saturated heterocycles. The summed E-state index contributed by atoms with van der Waals surface area (Å²) in [6.45, 7) is 0.463. The molecule has 0 unspecified atom stereocenters. The maximum absolute atomic E-state index is 12.2. The largest absolute Gasteiger partial charge is 0.497 e. The molecule has 0 aliphatic heterocycles. The first-order chi connectivity index (χ1) is 12.2. The van der Waals surface area contributed by atoms with Gasteiger partial charge in [-0.25, -0.2) is 0 Å². The molecular weight excluding hydrogens is 318 g/mol. The summed E-state index contributed by atoms with van der Waals surface area (Å²) >= 11 is 0. The first kappa shape index (κ1) is 17.9. The van der Waals surface area contributed by atoms with Crippen molar-refractivity contribution in [1.29, 1.82) is 5.26 Å². The lowest BCUT2D eigenvalue weighted by atomic mass is 10.2. The zero-order chi connectivity index (χ0) is 18.1. The summed E-state index contributed by atoms with van der Waals surface area (Å²) < 4.78 is 10.3. The van der Waals surface area contributed by atoms with Crippen LogP contribution in [0.3, 0.4) is 0 Å². The average Bonchev–Trinajstić information content (AvgIpc) is 2.65. The van der Waals surface area contributed by atoms with Gasteiger partial charge in [0.15, 0.2) is 0 Å². The molecular formula is C19H19N3O3. The van der Waals surface area contributed by atoms with Crippen molar-refractivity contribution in [3.05, 3.63) is 65.9 Å². The summed E-state index contributed by atoms with van der Waals surface area (Å²) in [6, 6.07) is 16.4. The smallest absolute Gasteiger partial charge is 0.267 e. The van der Waals surface area contributed by atoms with E-state index in [1.54, 1.807) is 31.4 Å². The third kappa shape index (κ3) is 5.01. The van der Waals surface area contributed by atoms with Crippen LogP contribution in [0, 0.1) is 11.3 Å². The van der Waals surface area contributed by atoms with Crippen molar-refractivity contribution in [1.82, 2.24) is 5.32 Å². The van der Waals surface area contributed by atoms with Gasteiger partial charge in [0, 0.05) is 12.7 Å². The molecule has 0 heterocycles. The maximum atomic E-state index is 12.2. The van der Waals surface area contributed by atoms with E-state index in [0.717, 1.165) is 11.3 Å². The minimum atomic E-state index is -0.509. The zero-order valence-corrected chi connectivity index (χ0v) is 14.1. The van der Waals surface area contributed by atoms with Crippen molar-refractivity contribution >= 4 is 11.6 Å². The molecule has 0 radical (unpaired) electrons. The van der Waals surface area contributed by atoms with Crippen LogP contribution in [0.5, 0.6) is 11.5 Å². The molecule has 0 saturated carbocycles. The topological polar surface area (TPSA) is 83.4 Å². The van der Waals surface area contributed by atoms with Gasteiger partial charge >= 0.3 is 0 Å². The number of carbonyl (C=O) groups is 1. The van der Waals surface area contributed by atoms with Gasteiger partial charge in [0.1, 0.15) is 23.1 Å². The molecule has 1 amide bonds. The summed E-state index contributed by atoms with van der Waals surface area (Å²) in [5.74, 6) is 0.764. The maximum Gasteiger partial charge on any atom is 0.267 e. The number of anilines is 1. The van der Waals surface area contributed by atoms with Crippen molar-refractivity contribution in [3.63, 3.8) is 0 Å². The molecule has 6 heteroatoms. The van der Waals surface area contributed by atoms with E-state index in [1.807, 2.05) is 30.3 Å². The second kappa shape index (κ2) is 8.99. The van der Waals surface area contributed by atoms with Crippen molar-refractivity contribution in [3.8, 4) is 17.6 Å². The number of carbonyl (C=O) groups excluding carboxylic acids is 1. The van der Waals surface area contributed by atoms with E-state index in [0.29, 0.717) is 18.0 Å². The van der Waals surface area contributed by atoms with E-state index in [2.05, 4.69) is 10.6 Å². The number of rotatable bonds is 7. The summed E-state index contributed by atoms with van der Waals surface area (Å²) in [7, 11) is 3.12. The lowest BCUT2D eigenvalue weighted by Crippen LogP contribution is -2.17. The standard InChI is InChI=1S/C19H19N3O3/c1-24-16-7-5-6-14(10-16)12-21-13-15(11-20)19(23)22-17-8-3-4-9-18(17)25-2/h3-10,13,21H,12H2,1-2H3,(H,22,23)/b15-13-. The number of hydrogen-bond donors (Lipinski definition) is 2. The summed E-state index contributed by atoms with van der Waals surface area (Å²) in [6.07, 6.45) is 1.39. The molecule has 0 atom stereocenters. The van der Waals surface area contributed by atoms with Gasteiger partial charge in [-0.2, -0.15) is 5.26 Å². The first-order valence-corrected chi connectivity index (χ1v) is 7.59. The molecule has 2 aromatic rings. The number of para-hydroxylation sites is 2. The van der Waals surface area contributed by atoms with Gasteiger partial charge in [-0.15, -0.1) is 0 Å². The highest BCUT2D eigenvalue weighted by Gasteiger charge is 2.11. The molecule has 6 nitrogen and oxygen atoms in total. The molecule has 0 aliphatic rings. The Balaban J connectivity index is 2.01. The quantitative estimate of drug-likeness (QED) is 0.599. The number of benzene rings is 2. The van der Waals surface area contributed by atoms with Gasteiger partial charge < -0.3 is 20.1 Å². The lowest BCUT2D eigenvalue weighted by Gasteiger charge is -2.09. The second-order valence-electron chi connectivity index (χ2n) is 5.06. The predicted molar refractivity (Wildman–Crippen MR) is 95.2 cm³/mol. The summed E-state index contributed by atoms with van der Waals surface area (Å²) in [5, 5.41) is 14.8. The molecule has 2 aromatic carbocycles. The summed E-state index contributed by atoms with van der Waals surface area (Å²) in [4.78, 5) is 12.2. The highest BCUT2D eigenvalue weighted by molar-refractivity contribution is 6.07. The van der Waals surface area contributed by atoms with E-state index >= 15 is 0 Å². The van der Waals surface area contributed by atoms with Crippen LogP contribution in [0.4, 0.5) is 5.69 Å². The predicted octanol–water partition coefficient (Wildman–Crippen LogP) is 2.84. The highest BCUT2D eigenvalue weighted by atomic mass is 16.5. The van der Waals surface area contributed by atoms with Crippen LogP contribution in [0.1, 0.15) is 5.56 Å². The summed E-state index contributed by atoms with van der Waals surface area (Å²) in [5.41, 5.74) is 1.44. The van der Waals surface area contributed by atoms with E-state index in [-0.39, 0.29) is 5.57 Å². The Morgan fingerprint density at radius 2 is 1.96 bits per heavy atom. The second-order valence-corrected chi connectivity index (χ2v) is 5.06. The molecule has 2 rings (SSSR count). The fourth-order valence-electron chi connectivity index (χ4n) is 2.14. The number of nitrogens with zero attached hydrogens (tertiary/aromatic N) is 1. The van der Waals surface area contributed by atoms with Gasteiger partial charge in [-0.3, -0.25) is 4.79 Å². The van der Waals surface area contributed by atoms with E-state index in [9.17, 15) is 10.1 Å². The number of methoxy groups -OCH3 is 2. The Kier molecular flexibility index (Phi) is 6.43. The van der Waals surface area contributed by atoms with Gasteiger partial charge in [-0.05, 0) is 29.8 Å².